The molecule has 0 aromatic heterocycles. The Balaban J connectivity index is 2.37. The van der Waals surface area contributed by atoms with Gasteiger partial charge in [0.1, 0.15) is 23.9 Å². The monoisotopic (exact) mass is 348 g/mol. The van der Waals surface area contributed by atoms with Gasteiger partial charge in [-0.25, -0.2) is 8.42 Å². The van der Waals surface area contributed by atoms with Crippen LogP contribution in [0.4, 0.5) is 5.69 Å². The summed E-state index contributed by atoms with van der Waals surface area (Å²) in [4.78, 5) is 0.230. The Hall–Kier alpha value is -3.60. The van der Waals surface area contributed by atoms with Gasteiger partial charge in [0.2, 0.25) is 0 Å². The zero-order chi connectivity index (χ0) is 18.4. The number of rotatable bonds is 4. The van der Waals surface area contributed by atoms with E-state index in [1.165, 1.54) is 12.1 Å². The predicted octanol–water partition coefficient (Wildman–Crippen LogP) is 2.99. The molecule has 0 heterocycles. The molecule has 2 aromatic rings. The highest BCUT2D eigenvalue weighted by molar-refractivity contribution is 7.90. The summed E-state index contributed by atoms with van der Waals surface area (Å²) in [5, 5.41) is 29.6. The molecule has 0 atom stereocenters. The van der Waals surface area contributed by atoms with E-state index in [-0.39, 0.29) is 16.2 Å². The molecule has 0 spiro atoms. The van der Waals surface area contributed by atoms with Crippen molar-refractivity contribution in [3.05, 3.63) is 59.8 Å². The normalized spacial score (nSPS) is 10.0. The second-order valence-corrected chi connectivity index (χ2v) is 7.10. The predicted molar refractivity (Wildman–Crippen MR) is 92.5 cm³/mol. The topological polar surface area (TPSA) is 118 Å². The first-order valence-corrected chi connectivity index (χ1v) is 8.90. The summed E-state index contributed by atoms with van der Waals surface area (Å²) in [6.45, 7) is 0. The quantitative estimate of drug-likeness (QED) is 0.849. The summed E-state index contributed by atoms with van der Waals surface area (Å²) in [7, 11) is -3.26. The number of nitrogens with zero attached hydrogens (tertiary/aromatic N) is 3. The van der Waals surface area contributed by atoms with Crippen LogP contribution in [0.3, 0.4) is 0 Å². The summed E-state index contributed by atoms with van der Waals surface area (Å²) < 4.78 is 23.0. The summed E-state index contributed by atoms with van der Waals surface area (Å²) >= 11 is 0. The summed E-state index contributed by atoms with van der Waals surface area (Å²) in [6, 6.07) is 18.5. The second kappa shape index (κ2) is 7.31. The van der Waals surface area contributed by atoms with Gasteiger partial charge in [-0.1, -0.05) is 24.3 Å². The van der Waals surface area contributed by atoms with Crippen molar-refractivity contribution >= 4 is 15.5 Å². The molecule has 7 heteroatoms. The van der Waals surface area contributed by atoms with Crippen molar-refractivity contribution in [3.63, 3.8) is 0 Å². The lowest BCUT2D eigenvalue weighted by Gasteiger charge is -2.08. The summed E-state index contributed by atoms with van der Waals surface area (Å²) in [5.41, 5.74) is 1.68. The largest absolute Gasteiger partial charge is 0.345 e. The highest BCUT2D eigenvalue weighted by Crippen LogP contribution is 2.25. The van der Waals surface area contributed by atoms with Crippen LogP contribution in [0.25, 0.3) is 11.1 Å². The van der Waals surface area contributed by atoms with Gasteiger partial charge in [0.15, 0.2) is 15.4 Å². The first-order valence-electron chi connectivity index (χ1n) is 7.01. The Morgan fingerprint density at radius 3 is 2.08 bits per heavy atom. The third kappa shape index (κ3) is 4.23. The number of benzene rings is 2. The Labute approximate surface area is 145 Å². The van der Waals surface area contributed by atoms with Gasteiger partial charge in [-0.05, 0) is 35.4 Å². The zero-order valence-corrected chi connectivity index (χ0v) is 14.0. The lowest BCUT2D eigenvalue weighted by Crippen LogP contribution is -2.00. The van der Waals surface area contributed by atoms with Crippen LogP contribution in [-0.2, 0) is 9.84 Å². The molecule has 0 radical (unpaired) electrons. The molecule has 0 bridgehead atoms. The van der Waals surface area contributed by atoms with Gasteiger partial charge in [-0.3, -0.25) is 0 Å². The first-order chi connectivity index (χ1) is 11.9. The van der Waals surface area contributed by atoms with Crippen molar-refractivity contribution in [3.8, 4) is 29.3 Å². The molecule has 1 N–H and O–H groups in total. The van der Waals surface area contributed by atoms with Crippen molar-refractivity contribution in [2.45, 2.75) is 4.90 Å². The van der Waals surface area contributed by atoms with E-state index in [1.807, 2.05) is 6.07 Å². The molecule has 0 unspecified atom stereocenters. The van der Waals surface area contributed by atoms with Gasteiger partial charge in [0.25, 0.3) is 0 Å². The minimum absolute atomic E-state index is 0.130. The van der Waals surface area contributed by atoms with Crippen LogP contribution < -0.4 is 5.32 Å². The zero-order valence-electron chi connectivity index (χ0n) is 13.2. The van der Waals surface area contributed by atoms with Gasteiger partial charge in [0, 0.05) is 11.9 Å². The molecule has 0 aliphatic carbocycles. The molecule has 0 amide bonds. The maximum absolute atomic E-state index is 11.5. The average Bonchev–Trinajstić information content (AvgIpc) is 2.61. The molecule has 2 rings (SSSR count). The van der Waals surface area contributed by atoms with Crippen molar-refractivity contribution in [2.75, 3.05) is 11.6 Å². The van der Waals surface area contributed by atoms with E-state index in [1.54, 1.807) is 48.5 Å². The molecule has 6 nitrogen and oxygen atoms in total. The molecule has 0 saturated carbocycles. The fourth-order valence-corrected chi connectivity index (χ4v) is 2.73. The maximum atomic E-state index is 11.5. The van der Waals surface area contributed by atoms with Crippen LogP contribution in [0, 0.1) is 34.0 Å². The molecule has 0 aliphatic rings. The van der Waals surface area contributed by atoms with Crippen LogP contribution in [0.2, 0.25) is 0 Å². The lowest BCUT2D eigenvalue weighted by molar-refractivity contribution is 0.602. The fourth-order valence-electron chi connectivity index (χ4n) is 2.10. The molecule has 0 fully saturated rings. The maximum Gasteiger partial charge on any atom is 0.175 e. The minimum atomic E-state index is -3.26. The van der Waals surface area contributed by atoms with Crippen molar-refractivity contribution < 1.29 is 8.42 Å². The van der Waals surface area contributed by atoms with E-state index in [0.717, 1.165) is 17.4 Å². The highest BCUT2D eigenvalue weighted by atomic mass is 32.2. The molecule has 0 aliphatic heterocycles. The number of anilines is 1. The molecule has 25 heavy (non-hydrogen) atoms. The first kappa shape index (κ1) is 17.7. The van der Waals surface area contributed by atoms with Crippen LogP contribution in [0.15, 0.2) is 64.7 Å². The van der Waals surface area contributed by atoms with Crippen molar-refractivity contribution in [1.29, 1.82) is 15.8 Å². The number of hydrogen-bond acceptors (Lipinski definition) is 6. The van der Waals surface area contributed by atoms with E-state index in [2.05, 4.69) is 5.32 Å². The second-order valence-electron chi connectivity index (χ2n) is 5.09. The number of nitriles is 3. The Morgan fingerprint density at radius 1 is 0.920 bits per heavy atom. The van der Waals surface area contributed by atoms with Crippen LogP contribution in [0.1, 0.15) is 0 Å². The standard InChI is InChI=1S/C18H12N4O2S/c1-25(23,24)17-7-5-13(6-8-17)14-3-2-4-16(9-14)22-18(12-21)15(10-19)11-20/h2-9,22H,1H3. The fraction of sp³-hybridized carbons (Fsp3) is 0.0556. The van der Waals surface area contributed by atoms with E-state index in [0.29, 0.717) is 5.69 Å². The van der Waals surface area contributed by atoms with Crippen LogP contribution in [-0.4, -0.2) is 14.7 Å². The number of sulfone groups is 1. The number of nitrogens with one attached hydrogen (secondary N) is 1. The van der Waals surface area contributed by atoms with Gasteiger partial charge < -0.3 is 5.32 Å². The average molecular weight is 348 g/mol. The van der Waals surface area contributed by atoms with E-state index in [9.17, 15) is 8.42 Å². The molecule has 122 valence electrons. The Morgan fingerprint density at radius 2 is 1.56 bits per heavy atom. The van der Waals surface area contributed by atoms with E-state index in [4.69, 9.17) is 15.8 Å². The van der Waals surface area contributed by atoms with Crippen molar-refractivity contribution in [2.24, 2.45) is 0 Å². The molecule has 2 aromatic carbocycles. The molecule has 0 saturated heterocycles. The third-order valence-electron chi connectivity index (χ3n) is 3.33. The number of allylic oxidation sites excluding steroid dienone is 2. The van der Waals surface area contributed by atoms with E-state index < -0.39 is 9.84 Å². The summed E-state index contributed by atoms with van der Waals surface area (Å²) in [6.07, 6.45) is 1.14. The molecular formula is C18H12N4O2S. The summed E-state index contributed by atoms with van der Waals surface area (Å²) in [5.74, 6) is 0. The van der Waals surface area contributed by atoms with Crippen LogP contribution >= 0.6 is 0 Å². The van der Waals surface area contributed by atoms with Gasteiger partial charge >= 0.3 is 0 Å². The van der Waals surface area contributed by atoms with Crippen LogP contribution in [0.5, 0.6) is 0 Å². The van der Waals surface area contributed by atoms with Crippen molar-refractivity contribution in [1.82, 2.24) is 0 Å². The lowest BCUT2D eigenvalue weighted by atomic mass is 10.1. The number of hydrogen-bond donors (Lipinski definition) is 1. The highest BCUT2D eigenvalue weighted by Gasteiger charge is 2.09. The van der Waals surface area contributed by atoms with Gasteiger partial charge in [0.05, 0.1) is 4.90 Å². The minimum Gasteiger partial charge on any atom is -0.345 e. The Bertz CT molecular complexity index is 1050. The smallest absolute Gasteiger partial charge is 0.175 e. The SMILES string of the molecule is CS(=O)(=O)c1ccc(-c2cccc(NC(C#N)=C(C#N)C#N)c2)cc1. The Kier molecular flexibility index (Phi) is 5.19. The molecular weight excluding hydrogens is 336 g/mol. The van der Waals surface area contributed by atoms with Gasteiger partial charge in [-0.2, -0.15) is 15.8 Å². The third-order valence-corrected chi connectivity index (χ3v) is 4.46. The van der Waals surface area contributed by atoms with Gasteiger partial charge in [-0.15, -0.1) is 0 Å². The van der Waals surface area contributed by atoms with E-state index >= 15 is 0 Å².